The maximum atomic E-state index is 12.4. The number of anilines is 1. The molecule has 1 aromatic heterocycles. The zero-order valence-electron chi connectivity index (χ0n) is 15.0. The first kappa shape index (κ1) is 19.6. The Balaban J connectivity index is 1.48. The van der Waals surface area contributed by atoms with Gasteiger partial charge in [0.05, 0.1) is 21.6 Å². The highest BCUT2D eigenvalue weighted by Gasteiger charge is 2.20. The van der Waals surface area contributed by atoms with Crippen molar-refractivity contribution in [3.8, 4) is 0 Å². The number of halogens is 2. The van der Waals surface area contributed by atoms with Gasteiger partial charge in [-0.2, -0.15) is 0 Å². The Hall–Kier alpha value is -1.11. The number of hydrogen-bond donors (Lipinski definition) is 1. The van der Waals surface area contributed by atoms with Gasteiger partial charge in [0, 0.05) is 37.6 Å². The van der Waals surface area contributed by atoms with E-state index in [4.69, 9.17) is 23.2 Å². The van der Waals surface area contributed by atoms with Crippen molar-refractivity contribution >= 4 is 46.1 Å². The van der Waals surface area contributed by atoms with Gasteiger partial charge in [0.25, 0.3) is 0 Å². The van der Waals surface area contributed by atoms with E-state index in [0.29, 0.717) is 11.6 Å². The van der Waals surface area contributed by atoms with Crippen LogP contribution < -0.4 is 5.32 Å². The van der Waals surface area contributed by atoms with Gasteiger partial charge in [0.15, 0.2) is 0 Å². The lowest BCUT2D eigenvalue weighted by Crippen LogP contribution is -2.48. The van der Waals surface area contributed by atoms with Gasteiger partial charge in [-0.05, 0) is 43.2 Å². The number of aryl methyl sites for hydroxylation is 2. The van der Waals surface area contributed by atoms with Crippen molar-refractivity contribution in [1.29, 1.82) is 0 Å². The minimum absolute atomic E-state index is 0.0164. The molecule has 1 N–H and O–H groups in total. The number of nitrogens with zero attached hydrogens (tertiary/aromatic N) is 2. The first-order chi connectivity index (χ1) is 12.4. The number of piperazine rings is 1. The van der Waals surface area contributed by atoms with E-state index in [9.17, 15) is 4.79 Å². The van der Waals surface area contributed by atoms with Crippen LogP contribution in [0.1, 0.15) is 16.0 Å². The van der Waals surface area contributed by atoms with E-state index in [1.165, 1.54) is 4.88 Å². The summed E-state index contributed by atoms with van der Waals surface area (Å²) in [5.41, 5.74) is 2.80. The van der Waals surface area contributed by atoms with Crippen LogP contribution >= 0.6 is 34.5 Å². The van der Waals surface area contributed by atoms with Gasteiger partial charge in [-0.3, -0.25) is 14.6 Å². The largest absolute Gasteiger partial charge is 0.323 e. The van der Waals surface area contributed by atoms with Crippen molar-refractivity contribution in [2.24, 2.45) is 0 Å². The van der Waals surface area contributed by atoms with E-state index in [0.717, 1.165) is 53.9 Å². The second kappa shape index (κ2) is 8.72. The highest BCUT2D eigenvalue weighted by molar-refractivity contribution is 7.16. The number of carbonyl (C=O) groups is 1. The van der Waals surface area contributed by atoms with E-state index < -0.39 is 0 Å². The topological polar surface area (TPSA) is 35.6 Å². The predicted octanol–water partition coefficient (Wildman–Crippen LogP) is 4.43. The van der Waals surface area contributed by atoms with Crippen LogP contribution in [-0.4, -0.2) is 48.4 Å². The maximum absolute atomic E-state index is 12.4. The molecule has 1 fully saturated rings. The van der Waals surface area contributed by atoms with Gasteiger partial charge in [-0.1, -0.05) is 29.3 Å². The zero-order valence-corrected chi connectivity index (χ0v) is 17.3. The number of rotatable bonds is 5. The normalized spacial score (nSPS) is 16.0. The molecule has 7 heteroatoms. The number of benzene rings is 1. The van der Waals surface area contributed by atoms with Gasteiger partial charge in [0.2, 0.25) is 5.91 Å². The summed E-state index contributed by atoms with van der Waals surface area (Å²) < 4.78 is 0.834. The summed E-state index contributed by atoms with van der Waals surface area (Å²) in [6.45, 7) is 8.94. The number of thiophene rings is 1. The summed E-state index contributed by atoms with van der Waals surface area (Å²) in [5, 5.41) is 3.56. The van der Waals surface area contributed by atoms with E-state index in [1.807, 2.05) is 32.0 Å². The highest BCUT2D eigenvalue weighted by Crippen LogP contribution is 2.27. The molecule has 2 heterocycles. The molecule has 0 unspecified atom stereocenters. The Labute approximate surface area is 168 Å². The molecular formula is C19H23Cl2N3OS. The van der Waals surface area contributed by atoms with Gasteiger partial charge >= 0.3 is 0 Å². The molecule has 1 saturated heterocycles. The van der Waals surface area contributed by atoms with E-state index in [2.05, 4.69) is 21.2 Å². The second-order valence-electron chi connectivity index (χ2n) is 6.74. The van der Waals surface area contributed by atoms with Crippen LogP contribution in [0.4, 0.5) is 5.69 Å². The standard InChI is InChI=1S/C19H23Cl2N3OS/c1-13-9-14(2)19(16(20)10-13)22-18(25)12-24-7-5-23(6-8-24)11-15-3-4-17(21)26-15/h3-4,9-10H,5-8,11-12H2,1-2H3,(H,22,25). The van der Waals surface area contributed by atoms with Gasteiger partial charge in [-0.15, -0.1) is 11.3 Å². The summed E-state index contributed by atoms with van der Waals surface area (Å²) in [4.78, 5) is 18.3. The molecule has 140 valence electrons. The third kappa shape index (κ3) is 5.21. The van der Waals surface area contributed by atoms with Gasteiger partial charge < -0.3 is 5.32 Å². The Morgan fingerprint density at radius 1 is 1.12 bits per heavy atom. The first-order valence-corrected chi connectivity index (χ1v) is 10.2. The predicted molar refractivity (Wildman–Crippen MR) is 111 cm³/mol. The maximum Gasteiger partial charge on any atom is 0.238 e. The highest BCUT2D eigenvalue weighted by atomic mass is 35.5. The van der Waals surface area contributed by atoms with Crippen LogP contribution in [0, 0.1) is 13.8 Å². The van der Waals surface area contributed by atoms with Crippen LogP contribution in [0.25, 0.3) is 0 Å². The summed E-state index contributed by atoms with van der Waals surface area (Å²) in [5.74, 6) is -0.0164. The second-order valence-corrected chi connectivity index (χ2v) is 8.95. The van der Waals surface area contributed by atoms with Crippen molar-refractivity contribution in [1.82, 2.24) is 9.80 Å². The molecule has 1 amide bonds. The fraction of sp³-hybridized carbons (Fsp3) is 0.421. The lowest BCUT2D eigenvalue weighted by molar-refractivity contribution is -0.117. The van der Waals surface area contributed by atoms with Gasteiger partial charge in [-0.25, -0.2) is 0 Å². The quantitative estimate of drug-likeness (QED) is 0.790. The van der Waals surface area contributed by atoms with Crippen LogP contribution in [-0.2, 0) is 11.3 Å². The molecule has 1 aliphatic rings. The molecule has 4 nitrogen and oxygen atoms in total. The molecule has 0 aliphatic carbocycles. The molecular weight excluding hydrogens is 389 g/mol. The average molecular weight is 412 g/mol. The minimum Gasteiger partial charge on any atom is -0.323 e. The molecule has 0 spiro atoms. The average Bonchev–Trinajstić information content (AvgIpc) is 2.98. The number of carbonyl (C=O) groups excluding carboxylic acids is 1. The Morgan fingerprint density at radius 2 is 1.81 bits per heavy atom. The fourth-order valence-corrected chi connectivity index (χ4v) is 4.72. The van der Waals surface area contributed by atoms with E-state index in [-0.39, 0.29) is 5.91 Å². The SMILES string of the molecule is Cc1cc(C)c(NC(=O)CN2CCN(Cc3ccc(Cl)s3)CC2)c(Cl)c1. The molecule has 0 saturated carbocycles. The monoisotopic (exact) mass is 411 g/mol. The summed E-state index contributed by atoms with van der Waals surface area (Å²) >= 11 is 13.9. The van der Waals surface area contributed by atoms with Gasteiger partial charge in [0.1, 0.15) is 0 Å². The van der Waals surface area contributed by atoms with Crippen LogP contribution in [0.3, 0.4) is 0 Å². The lowest BCUT2D eigenvalue weighted by atomic mass is 10.1. The number of nitrogens with one attached hydrogen (secondary N) is 1. The molecule has 2 aromatic rings. The Kier molecular flexibility index (Phi) is 6.59. The number of amides is 1. The summed E-state index contributed by atoms with van der Waals surface area (Å²) in [7, 11) is 0. The van der Waals surface area contributed by atoms with Crippen LogP contribution in [0.15, 0.2) is 24.3 Å². The minimum atomic E-state index is -0.0164. The zero-order chi connectivity index (χ0) is 18.7. The lowest BCUT2D eigenvalue weighted by Gasteiger charge is -2.34. The van der Waals surface area contributed by atoms with E-state index in [1.54, 1.807) is 11.3 Å². The molecule has 3 rings (SSSR count). The van der Waals surface area contributed by atoms with Crippen molar-refractivity contribution < 1.29 is 4.79 Å². The fourth-order valence-electron chi connectivity index (χ4n) is 3.22. The van der Waals surface area contributed by atoms with Crippen molar-refractivity contribution in [2.75, 3.05) is 38.0 Å². The third-order valence-corrected chi connectivity index (χ3v) is 6.05. The molecule has 0 bridgehead atoms. The van der Waals surface area contributed by atoms with Crippen LogP contribution in [0.5, 0.6) is 0 Å². The van der Waals surface area contributed by atoms with Crippen molar-refractivity contribution in [3.05, 3.63) is 49.6 Å². The van der Waals surface area contributed by atoms with Crippen molar-refractivity contribution in [2.45, 2.75) is 20.4 Å². The number of hydrogen-bond acceptors (Lipinski definition) is 4. The molecule has 0 radical (unpaired) electrons. The van der Waals surface area contributed by atoms with Crippen LogP contribution in [0.2, 0.25) is 9.36 Å². The Bertz CT molecular complexity index is 762. The third-order valence-electron chi connectivity index (χ3n) is 4.54. The summed E-state index contributed by atoms with van der Waals surface area (Å²) in [6, 6.07) is 7.93. The summed E-state index contributed by atoms with van der Waals surface area (Å²) in [6.07, 6.45) is 0. The van der Waals surface area contributed by atoms with E-state index >= 15 is 0 Å². The molecule has 1 aromatic carbocycles. The smallest absolute Gasteiger partial charge is 0.238 e. The molecule has 26 heavy (non-hydrogen) atoms. The molecule has 1 aliphatic heterocycles. The molecule has 0 atom stereocenters. The van der Waals surface area contributed by atoms with Crippen molar-refractivity contribution in [3.63, 3.8) is 0 Å². The first-order valence-electron chi connectivity index (χ1n) is 8.66. The Morgan fingerprint density at radius 3 is 2.42 bits per heavy atom.